The third-order valence-corrected chi connectivity index (χ3v) is 7.51. The highest BCUT2D eigenvalue weighted by atomic mass is 35.5. The summed E-state index contributed by atoms with van der Waals surface area (Å²) in [5, 5.41) is 12.8. The summed E-state index contributed by atoms with van der Waals surface area (Å²) in [4.78, 5) is 27.5. The molecular formula is C33H38ClN5O4. The molecule has 0 spiro atoms. The van der Waals surface area contributed by atoms with Crippen LogP contribution in [-0.4, -0.2) is 52.0 Å². The molecule has 10 heteroatoms. The first-order valence-corrected chi connectivity index (χ1v) is 14.9. The summed E-state index contributed by atoms with van der Waals surface area (Å²) in [6, 6.07) is 20.9. The summed E-state index contributed by atoms with van der Waals surface area (Å²) in [5.41, 5.74) is 3.11. The quantitative estimate of drug-likeness (QED) is 0.227. The van der Waals surface area contributed by atoms with Gasteiger partial charge in [0.05, 0.1) is 24.6 Å². The van der Waals surface area contributed by atoms with E-state index in [1.165, 1.54) is 0 Å². The lowest BCUT2D eigenvalue weighted by Crippen LogP contribution is -2.52. The van der Waals surface area contributed by atoms with Crippen molar-refractivity contribution in [3.8, 4) is 5.75 Å². The van der Waals surface area contributed by atoms with Crippen LogP contribution in [0.1, 0.15) is 51.2 Å². The van der Waals surface area contributed by atoms with E-state index in [4.69, 9.17) is 26.2 Å². The zero-order valence-electron chi connectivity index (χ0n) is 25.0. The van der Waals surface area contributed by atoms with Crippen molar-refractivity contribution >= 4 is 46.0 Å². The molecule has 5 rings (SSSR count). The second-order valence-corrected chi connectivity index (χ2v) is 12.2. The Balaban J connectivity index is 1.31. The number of amides is 2. The molecule has 3 aromatic carbocycles. The largest absolute Gasteiger partial charge is 0.496 e. The molecule has 1 fully saturated rings. The van der Waals surface area contributed by atoms with Crippen LogP contribution in [0.25, 0.3) is 10.9 Å². The first kappa shape index (κ1) is 30.2. The number of halogens is 1. The molecule has 4 aromatic rings. The molecule has 0 saturated carbocycles. The lowest BCUT2D eigenvalue weighted by molar-refractivity contribution is -0.127. The molecule has 9 nitrogen and oxygen atoms in total. The fourth-order valence-corrected chi connectivity index (χ4v) is 5.53. The number of likely N-dealkylation sites (tertiary alicyclic amines) is 1. The number of piperidine rings is 1. The van der Waals surface area contributed by atoms with Gasteiger partial charge in [-0.25, -0.2) is 4.79 Å². The number of benzene rings is 3. The van der Waals surface area contributed by atoms with Gasteiger partial charge in [-0.2, -0.15) is 5.10 Å². The van der Waals surface area contributed by atoms with Gasteiger partial charge in [-0.1, -0.05) is 48.0 Å². The summed E-state index contributed by atoms with van der Waals surface area (Å²) in [6.45, 7) is 6.86. The third kappa shape index (κ3) is 7.40. The molecule has 1 aromatic heterocycles. The zero-order chi connectivity index (χ0) is 30.6. The number of ether oxygens (including phenoxy) is 2. The van der Waals surface area contributed by atoms with Gasteiger partial charge < -0.3 is 20.1 Å². The minimum absolute atomic E-state index is 0.169. The van der Waals surface area contributed by atoms with Crippen LogP contribution in [0.5, 0.6) is 5.75 Å². The minimum Gasteiger partial charge on any atom is -0.496 e. The number of nitrogens with one attached hydrogen (secondary N) is 2. The van der Waals surface area contributed by atoms with Gasteiger partial charge in [0, 0.05) is 23.8 Å². The van der Waals surface area contributed by atoms with Crippen molar-refractivity contribution in [2.45, 2.75) is 64.8 Å². The van der Waals surface area contributed by atoms with Gasteiger partial charge in [0.25, 0.3) is 0 Å². The van der Waals surface area contributed by atoms with Gasteiger partial charge >= 0.3 is 6.09 Å². The Kier molecular flexibility index (Phi) is 9.11. The van der Waals surface area contributed by atoms with E-state index in [1.807, 2.05) is 86.1 Å². The third-order valence-electron chi connectivity index (χ3n) is 7.27. The highest BCUT2D eigenvalue weighted by Gasteiger charge is 2.34. The van der Waals surface area contributed by atoms with Crippen LogP contribution < -0.4 is 15.4 Å². The standard InChI is InChI=1S/C33H38ClN5O4/c1-33(2,3)43-32(41)38-17-6-5-14-27(38)31(40)35-20-22-10-7-11-23(18-22)21-39-26-15-9-16-28(42-4)29(26)30(37-39)36-25-13-8-12-24(34)19-25/h7-13,15-16,18-19,27H,5-6,14,17,20-21H2,1-4H3,(H,35,40)(H,36,37)/t27-/m0/s1. The maximum atomic E-state index is 13.2. The molecule has 0 radical (unpaired) electrons. The molecule has 2 N–H and O–H groups in total. The van der Waals surface area contributed by atoms with Crippen molar-refractivity contribution in [3.63, 3.8) is 0 Å². The second-order valence-electron chi connectivity index (χ2n) is 11.7. The molecular weight excluding hydrogens is 566 g/mol. The van der Waals surface area contributed by atoms with Crippen LogP contribution in [0.2, 0.25) is 5.02 Å². The van der Waals surface area contributed by atoms with E-state index >= 15 is 0 Å². The van der Waals surface area contributed by atoms with E-state index in [9.17, 15) is 9.59 Å². The summed E-state index contributed by atoms with van der Waals surface area (Å²) in [5.74, 6) is 1.21. The predicted molar refractivity (Wildman–Crippen MR) is 169 cm³/mol. The highest BCUT2D eigenvalue weighted by Crippen LogP contribution is 2.34. The Labute approximate surface area is 257 Å². The fraction of sp³-hybridized carbons (Fsp3) is 0.364. The normalized spacial score (nSPS) is 15.3. The van der Waals surface area contributed by atoms with Crippen LogP contribution in [0.3, 0.4) is 0 Å². The van der Waals surface area contributed by atoms with Crippen molar-refractivity contribution in [2.75, 3.05) is 19.0 Å². The Morgan fingerprint density at radius 1 is 1.02 bits per heavy atom. The number of fused-ring (bicyclic) bond motifs is 1. The summed E-state index contributed by atoms with van der Waals surface area (Å²) < 4.78 is 13.2. The lowest BCUT2D eigenvalue weighted by Gasteiger charge is -2.35. The molecule has 2 heterocycles. The van der Waals surface area contributed by atoms with E-state index < -0.39 is 17.7 Å². The molecule has 0 unspecified atom stereocenters. The summed E-state index contributed by atoms with van der Waals surface area (Å²) >= 11 is 6.21. The van der Waals surface area contributed by atoms with E-state index in [0.717, 1.165) is 40.6 Å². The van der Waals surface area contributed by atoms with E-state index in [-0.39, 0.29) is 5.91 Å². The predicted octanol–water partition coefficient (Wildman–Crippen LogP) is 6.90. The van der Waals surface area contributed by atoms with Crippen molar-refractivity contribution in [3.05, 3.63) is 82.9 Å². The van der Waals surface area contributed by atoms with E-state index in [2.05, 4.69) is 16.7 Å². The molecule has 0 bridgehead atoms. The summed E-state index contributed by atoms with van der Waals surface area (Å²) in [6.07, 6.45) is 1.92. The first-order valence-electron chi connectivity index (χ1n) is 14.5. The van der Waals surface area contributed by atoms with Gasteiger partial charge in [0.15, 0.2) is 5.82 Å². The van der Waals surface area contributed by atoms with Crippen LogP contribution in [0.4, 0.5) is 16.3 Å². The van der Waals surface area contributed by atoms with Gasteiger partial charge in [-0.15, -0.1) is 0 Å². The number of carbonyl (C=O) groups is 2. The van der Waals surface area contributed by atoms with Gasteiger partial charge in [0.2, 0.25) is 5.91 Å². The fourth-order valence-electron chi connectivity index (χ4n) is 5.34. The van der Waals surface area contributed by atoms with Gasteiger partial charge in [-0.3, -0.25) is 14.4 Å². The number of rotatable bonds is 8. The SMILES string of the molecule is COc1cccc2c1c(Nc1cccc(Cl)c1)nn2Cc1cccc(CNC(=O)[C@@H]2CCCCN2C(=O)OC(C)(C)C)c1. The van der Waals surface area contributed by atoms with Crippen LogP contribution >= 0.6 is 11.6 Å². The molecule has 2 amide bonds. The molecule has 226 valence electrons. The molecule has 1 atom stereocenters. The number of hydrogen-bond donors (Lipinski definition) is 2. The number of anilines is 2. The Hall–Kier alpha value is -4.24. The van der Waals surface area contributed by atoms with Crippen LogP contribution in [0, 0.1) is 0 Å². The monoisotopic (exact) mass is 603 g/mol. The first-order chi connectivity index (χ1) is 20.6. The van der Waals surface area contributed by atoms with Gasteiger partial charge in [-0.05, 0) is 81.5 Å². The molecule has 1 aliphatic rings. The zero-order valence-corrected chi connectivity index (χ0v) is 25.8. The topological polar surface area (TPSA) is 97.7 Å². The summed E-state index contributed by atoms with van der Waals surface area (Å²) in [7, 11) is 1.65. The molecule has 1 aliphatic heterocycles. The van der Waals surface area contributed by atoms with Crippen molar-refractivity contribution in [2.24, 2.45) is 0 Å². The van der Waals surface area contributed by atoms with Crippen molar-refractivity contribution < 1.29 is 19.1 Å². The smallest absolute Gasteiger partial charge is 0.410 e. The average Bonchev–Trinajstić information content (AvgIpc) is 3.32. The van der Waals surface area contributed by atoms with Crippen LogP contribution in [-0.2, 0) is 22.6 Å². The van der Waals surface area contributed by atoms with E-state index in [0.29, 0.717) is 42.6 Å². The maximum Gasteiger partial charge on any atom is 0.410 e. The van der Waals surface area contributed by atoms with Gasteiger partial charge in [0.1, 0.15) is 17.4 Å². The Morgan fingerprint density at radius 3 is 2.56 bits per heavy atom. The minimum atomic E-state index is -0.618. The Bertz CT molecular complexity index is 1610. The number of methoxy groups -OCH3 is 1. The average molecular weight is 604 g/mol. The number of hydrogen-bond acceptors (Lipinski definition) is 6. The maximum absolute atomic E-state index is 13.2. The molecule has 43 heavy (non-hydrogen) atoms. The lowest BCUT2D eigenvalue weighted by atomic mass is 10.0. The second kappa shape index (κ2) is 13.0. The van der Waals surface area contributed by atoms with E-state index in [1.54, 1.807) is 12.0 Å². The van der Waals surface area contributed by atoms with Crippen LogP contribution in [0.15, 0.2) is 66.7 Å². The highest BCUT2D eigenvalue weighted by molar-refractivity contribution is 6.30. The van der Waals surface area contributed by atoms with Crippen molar-refractivity contribution in [1.29, 1.82) is 0 Å². The number of carbonyl (C=O) groups excluding carboxylic acids is 2. The number of nitrogens with zero attached hydrogens (tertiary/aromatic N) is 3. The van der Waals surface area contributed by atoms with Crippen molar-refractivity contribution in [1.82, 2.24) is 20.0 Å². The Morgan fingerprint density at radius 2 is 1.79 bits per heavy atom. The molecule has 0 aliphatic carbocycles. The molecule has 1 saturated heterocycles. The number of aromatic nitrogens is 2.